The van der Waals surface area contributed by atoms with Gasteiger partial charge in [-0.2, -0.15) is 0 Å². The Hall–Kier alpha value is -1.16. The molecule has 0 amide bonds. The van der Waals surface area contributed by atoms with Gasteiger partial charge in [-0.1, -0.05) is 6.42 Å². The van der Waals surface area contributed by atoms with Crippen molar-refractivity contribution in [1.82, 2.24) is 15.3 Å². The van der Waals surface area contributed by atoms with Crippen molar-refractivity contribution in [3.05, 3.63) is 18.2 Å². The molecule has 2 rings (SSSR count). The number of rotatable bonds is 2. The Morgan fingerprint density at radius 3 is 2.61 bits per heavy atom. The van der Waals surface area contributed by atoms with E-state index in [1.807, 2.05) is 20.8 Å². The van der Waals surface area contributed by atoms with Crippen LogP contribution in [0.2, 0.25) is 0 Å². The second-order valence-corrected chi connectivity index (χ2v) is 5.89. The van der Waals surface area contributed by atoms with Gasteiger partial charge in [0, 0.05) is 12.5 Å². The Balaban J connectivity index is 2.02. The summed E-state index contributed by atoms with van der Waals surface area (Å²) in [5.41, 5.74) is -0.200. The molecule has 0 aliphatic carbocycles. The van der Waals surface area contributed by atoms with Crippen LogP contribution >= 0.6 is 0 Å². The number of ether oxygens (including phenoxy) is 1. The third-order valence-electron chi connectivity index (χ3n) is 2.98. The van der Waals surface area contributed by atoms with E-state index in [0.29, 0.717) is 5.92 Å². The van der Waals surface area contributed by atoms with E-state index < -0.39 is 0 Å². The summed E-state index contributed by atoms with van der Waals surface area (Å²) in [6.07, 6.45) is 7.26. The average molecular weight is 249 g/mol. The first-order valence-electron chi connectivity index (χ1n) is 6.76. The predicted octanol–water partition coefficient (Wildman–Crippen LogP) is 2.51. The molecule has 1 aliphatic rings. The zero-order valence-corrected chi connectivity index (χ0v) is 11.6. The van der Waals surface area contributed by atoms with Crippen LogP contribution in [0.3, 0.4) is 0 Å². The minimum Gasteiger partial charge on any atom is -0.485 e. The highest BCUT2D eigenvalue weighted by molar-refractivity contribution is 5.15. The van der Waals surface area contributed by atoms with Crippen molar-refractivity contribution in [3.8, 4) is 5.75 Å². The van der Waals surface area contributed by atoms with Crippen LogP contribution in [0.25, 0.3) is 0 Å². The molecule has 2 heterocycles. The van der Waals surface area contributed by atoms with Crippen LogP contribution in [-0.4, -0.2) is 28.7 Å². The van der Waals surface area contributed by atoms with Crippen molar-refractivity contribution in [2.75, 3.05) is 13.1 Å². The monoisotopic (exact) mass is 249 g/mol. The van der Waals surface area contributed by atoms with Crippen molar-refractivity contribution >= 4 is 0 Å². The van der Waals surface area contributed by atoms with Gasteiger partial charge in [0.1, 0.15) is 11.4 Å². The van der Waals surface area contributed by atoms with Crippen molar-refractivity contribution in [2.24, 2.45) is 0 Å². The Labute approximate surface area is 109 Å². The lowest BCUT2D eigenvalue weighted by Gasteiger charge is -2.21. The summed E-state index contributed by atoms with van der Waals surface area (Å²) >= 11 is 0. The van der Waals surface area contributed by atoms with E-state index in [2.05, 4.69) is 15.3 Å². The highest BCUT2D eigenvalue weighted by Crippen LogP contribution is 2.22. The number of hydrogen-bond acceptors (Lipinski definition) is 4. The number of nitrogens with one attached hydrogen (secondary N) is 1. The molecule has 1 atom stereocenters. The summed E-state index contributed by atoms with van der Waals surface area (Å²) in [4.78, 5) is 8.90. The van der Waals surface area contributed by atoms with Crippen molar-refractivity contribution in [2.45, 2.75) is 51.6 Å². The summed E-state index contributed by atoms with van der Waals surface area (Å²) < 4.78 is 5.73. The molecule has 1 unspecified atom stereocenters. The second-order valence-electron chi connectivity index (χ2n) is 5.89. The van der Waals surface area contributed by atoms with E-state index in [1.165, 1.54) is 19.3 Å². The summed E-state index contributed by atoms with van der Waals surface area (Å²) in [6, 6.07) is 0. The zero-order chi connectivity index (χ0) is 13.0. The number of nitrogens with zero attached hydrogens (tertiary/aromatic N) is 2. The number of aromatic nitrogens is 2. The average Bonchev–Trinajstić information content (AvgIpc) is 2.56. The fourth-order valence-corrected chi connectivity index (χ4v) is 2.18. The first-order valence-corrected chi connectivity index (χ1v) is 6.76. The minimum atomic E-state index is -0.200. The van der Waals surface area contributed by atoms with Crippen LogP contribution < -0.4 is 10.1 Å². The molecule has 1 saturated heterocycles. The van der Waals surface area contributed by atoms with Gasteiger partial charge in [-0.15, -0.1) is 0 Å². The van der Waals surface area contributed by atoms with Crippen LogP contribution in [0, 0.1) is 0 Å². The van der Waals surface area contributed by atoms with E-state index in [4.69, 9.17) is 4.74 Å². The molecule has 0 saturated carbocycles. The number of hydrogen-bond donors (Lipinski definition) is 1. The lowest BCUT2D eigenvalue weighted by molar-refractivity contribution is 0.129. The van der Waals surface area contributed by atoms with Crippen molar-refractivity contribution in [3.63, 3.8) is 0 Å². The fraction of sp³-hybridized carbons (Fsp3) is 0.714. The van der Waals surface area contributed by atoms with Crippen LogP contribution in [-0.2, 0) is 0 Å². The highest BCUT2D eigenvalue weighted by Gasteiger charge is 2.17. The first-order chi connectivity index (χ1) is 8.54. The van der Waals surface area contributed by atoms with Crippen LogP contribution in [0.4, 0.5) is 0 Å². The molecule has 1 aromatic heterocycles. The quantitative estimate of drug-likeness (QED) is 0.875. The molecule has 0 aromatic carbocycles. The Morgan fingerprint density at radius 2 is 1.94 bits per heavy atom. The molecule has 1 fully saturated rings. The van der Waals surface area contributed by atoms with Crippen molar-refractivity contribution < 1.29 is 4.74 Å². The summed E-state index contributed by atoms with van der Waals surface area (Å²) in [6.45, 7) is 8.17. The van der Waals surface area contributed by atoms with E-state index in [9.17, 15) is 0 Å². The first kappa shape index (κ1) is 13.3. The molecule has 0 spiro atoms. The topological polar surface area (TPSA) is 47.0 Å². The Morgan fingerprint density at radius 1 is 1.22 bits per heavy atom. The summed E-state index contributed by atoms with van der Waals surface area (Å²) in [5, 5.41) is 3.44. The molecule has 0 radical (unpaired) electrons. The van der Waals surface area contributed by atoms with Crippen molar-refractivity contribution in [1.29, 1.82) is 0 Å². The normalized spacial score (nSPS) is 21.4. The van der Waals surface area contributed by atoms with E-state index in [1.54, 1.807) is 12.4 Å². The van der Waals surface area contributed by atoms with Crippen LogP contribution in [0.15, 0.2) is 12.4 Å². The van der Waals surface area contributed by atoms with Gasteiger partial charge in [-0.25, -0.2) is 9.97 Å². The lowest BCUT2D eigenvalue weighted by atomic mass is 10.0. The predicted molar refractivity (Wildman–Crippen MR) is 71.9 cm³/mol. The van der Waals surface area contributed by atoms with Gasteiger partial charge in [0.15, 0.2) is 5.75 Å². The lowest BCUT2D eigenvalue weighted by Crippen LogP contribution is -2.23. The van der Waals surface area contributed by atoms with E-state index >= 15 is 0 Å². The van der Waals surface area contributed by atoms with E-state index in [-0.39, 0.29) is 5.60 Å². The molecule has 0 bridgehead atoms. The van der Waals surface area contributed by atoms with Gasteiger partial charge >= 0.3 is 0 Å². The molecule has 4 nitrogen and oxygen atoms in total. The van der Waals surface area contributed by atoms with Gasteiger partial charge in [-0.05, 0) is 40.2 Å². The molecule has 1 aliphatic heterocycles. The Bertz CT molecular complexity index is 362. The molecular weight excluding hydrogens is 226 g/mol. The SMILES string of the molecule is CC(C)(C)Oc1cnc(C2CCCCNC2)nc1. The van der Waals surface area contributed by atoms with Crippen LogP contribution in [0.1, 0.15) is 51.8 Å². The van der Waals surface area contributed by atoms with Gasteiger partial charge in [0.05, 0.1) is 12.4 Å². The molecule has 1 N–H and O–H groups in total. The maximum Gasteiger partial charge on any atom is 0.156 e. The largest absolute Gasteiger partial charge is 0.485 e. The van der Waals surface area contributed by atoms with Gasteiger partial charge in [0.25, 0.3) is 0 Å². The minimum absolute atomic E-state index is 0.200. The van der Waals surface area contributed by atoms with Gasteiger partial charge in [0.2, 0.25) is 0 Å². The maximum absolute atomic E-state index is 5.73. The molecule has 100 valence electrons. The smallest absolute Gasteiger partial charge is 0.156 e. The molecule has 18 heavy (non-hydrogen) atoms. The fourth-order valence-electron chi connectivity index (χ4n) is 2.18. The third kappa shape index (κ3) is 3.95. The molecule has 1 aromatic rings. The summed E-state index contributed by atoms with van der Waals surface area (Å²) in [5.74, 6) is 2.12. The molecule has 4 heteroatoms. The summed E-state index contributed by atoms with van der Waals surface area (Å²) in [7, 11) is 0. The highest BCUT2D eigenvalue weighted by atomic mass is 16.5. The van der Waals surface area contributed by atoms with Gasteiger partial charge in [-0.3, -0.25) is 0 Å². The maximum atomic E-state index is 5.73. The second kappa shape index (κ2) is 5.65. The van der Waals surface area contributed by atoms with E-state index in [0.717, 1.165) is 24.7 Å². The Kier molecular flexibility index (Phi) is 4.17. The third-order valence-corrected chi connectivity index (χ3v) is 2.98. The zero-order valence-electron chi connectivity index (χ0n) is 11.6. The van der Waals surface area contributed by atoms with Gasteiger partial charge < -0.3 is 10.1 Å². The standard InChI is InChI=1S/C14H23N3O/c1-14(2,3)18-12-9-16-13(17-10-12)11-6-4-5-7-15-8-11/h9-11,15H,4-8H2,1-3H3. The molecular formula is C14H23N3O. The van der Waals surface area contributed by atoms with Crippen LogP contribution in [0.5, 0.6) is 5.75 Å².